The zero-order valence-electron chi connectivity index (χ0n) is 36.5. The first-order valence-electron chi connectivity index (χ1n) is 22.8. The lowest BCUT2D eigenvalue weighted by Crippen LogP contribution is -2.25. The van der Waals surface area contributed by atoms with E-state index in [1.165, 1.54) is 100 Å². The summed E-state index contributed by atoms with van der Waals surface area (Å²) in [5.74, 6) is 0. The molecule has 0 aliphatic heterocycles. The Morgan fingerprint density at radius 2 is 0.692 bits per heavy atom. The molecule has 306 valence electrons. The molecule has 0 fully saturated rings. The van der Waals surface area contributed by atoms with Crippen LogP contribution in [-0.4, -0.2) is 0 Å². The minimum Gasteiger partial charge on any atom is -0.310 e. The van der Waals surface area contributed by atoms with E-state index in [1.54, 1.807) is 0 Å². The fourth-order valence-electron chi connectivity index (χ4n) is 11.8. The molecule has 65 heavy (non-hydrogen) atoms. The van der Waals surface area contributed by atoms with Crippen molar-refractivity contribution in [1.82, 2.24) is 0 Å². The van der Waals surface area contributed by atoms with Crippen molar-refractivity contribution >= 4 is 17.1 Å². The standard InChI is InChI=1S/C64H45N/c1-63(2)56-30-13-9-25-51(56)54-36-35-48(41-61(54)63)65(49-39-45(42-19-5-3-6-20-42)37-46(40-49)43-21-7-4-8-22-43)47-24-17-23-44(38-47)50-29-18-34-60-62(50)55-28-12-16-33-59(55)64(60)57-31-14-10-26-52(57)53-27-11-15-32-58(53)64/h3-41H,1-2H3. The molecule has 0 amide bonds. The highest BCUT2D eigenvalue weighted by Gasteiger charge is 2.52. The number of anilines is 3. The molecule has 3 aliphatic rings. The number of rotatable bonds is 6. The summed E-state index contributed by atoms with van der Waals surface area (Å²) in [5, 5.41) is 0. The molecule has 1 heteroatoms. The third-order valence-electron chi connectivity index (χ3n) is 14.7. The van der Waals surface area contributed by atoms with Gasteiger partial charge < -0.3 is 4.90 Å². The van der Waals surface area contributed by atoms with Gasteiger partial charge in [0.25, 0.3) is 0 Å². The third-order valence-corrected chi connectivity index (χ3v) is 14.7. The third kappa shape index (κ3) is 5.46. The summed E-state index contributed by atoms with van der Waals surface area (Å²) < 4.78 is 0. The second kappa shape index (κ2) is 14.3. The average molecular weight is 828 g/mol. The van der Waals surface area contributed by atoms with Gasteiger partial charge >= 0.3 is 0 Å². The highest BCUT2D eigenvalue weighted by molar-refractivity contribution is 6.00. The molecule has 0 bridgehead atoms. The van der Waals surface area contributed by atoms with Crippen LogP contribution in [0.5, 0.6) is 0 Å². The van der Waals surface area contributed by atoms with Crippen molar-refractivity contribution in [2.45, 2.75) is 24.7 Å². The molecule has 0 atom stereocenters. The Balaban J connectivity index is 1.04. The molecule has 0 N–H and O–H groups in total. The van der Waals surface area contributed by atoms with Gasteiger partial charge in [-0.1, -0.05) is 208 Å². The molecule has 3 aliphatic carbocycles. The molecule has 10 aromatic rings. The Bertz CT molecular complexity index is 3420. The molecular formula is C64H45N. The molecule has 0 saturated carbocycles. The molecule has 13 rings (SSSR count). The maximum absolute atomic E-state index is 2.49. The van der Waals surface area contributed by atoms with Gasteiger partial charge in [0.05, 0.1) is 5.41 Å². The molecule has 0 unspecified atom stereocenters. The fraction of sp³-hybridized carbons (Fsp3) is 0.0625. The quantitative estimate of drug-likeness (QED) is 0.161. The summed E-state index contributed by atoms with van der Waals surface area (Å²) in [5.41, 5.74) is 26.0. The molecule has 0 saturated heterocycles. The van der Waals surface area contributed by atoms with Crippen molar-refractivity contribution in [2.75, 3.05) is 4.90 Å². The largest absolute Gasteiger partial charge is 0.310 e. The second-order valence-corrected chi connectivity index (χ2v) is 18.4. The second-order valence-electron chi connectivity index (χ2n) is 18.4. The topological polar surface area (TPSA) is 3.24 Å². The maximum Gasteiger partial charge on any atom is 0.0725 e. The van der Waals surface area contributed by atoms with E-state index < -0.39 is 5.41 Å². The summed E-state index contributed by atoms with van der Waals surface area (Å²) in [6.07, 6.45) is 0. The van der Waals surface area contributed by atoms with Crippen LogP contribution in [0.3, 0.4) is 0 Å². The SMILES string of the molecule is CC1(C)c2ccccc2-c2ccc(N(c3cc(-c4ccccc4)cc(-c4ccccc4)c3)c3cccc(-c4cccc5c4-c4ccccc4C54c5ccccc5-c5ccccc54)c3)cc21. The summed E-state index contributed by atoms with van der Waals surface area (Å²) in [6, 6.07) is 88.3. The number of hydrogen-bond acceptors (Lipinski definition) is 1. The van der Waals surface area contributed by atoms with Crippen molar-refractivity contribution in [1.29, 1.82) is 0 Å². The van der Waals surface area contributed by atoms with Crippen molar-refractivity contribution in [3.63, 3.8) is 0 Å². The van der Waals surface area contributed by atoms with Crippen LogP contribution in [-0.2, 0) is 10.8 Å². The molecule has 10 aromatic carbocycles. The molecule has 1 spiro atoms. The lowest BCUT2D eigenvalue weighted by molar-refractivity contribution is 0.660. The van der Waals surface area contributed by atoms with Gasteiger partial charge in [-0.05, 0) is 143 Å². The van der Waals surface area contributed by atoms with Gasteiger partial charge in [-0.3, -0.25) is 0 Å². The Morgan fingerprint density at radius 1 is 0.262 bits per heavy atom. The van der Waals surface area contributed by atoms with Crippen LogP contribution in [0.15, 0.2) is 237 Å². The predicted molar refractivity (Wildman–Crippen MR) is 271 cm³/mol. The summed E-state index contributed by atoms with van der Waals surface area (Å²) in [6.45, 7) is 4.75. The zero-order chi connectivity index (χ0) is 43.3. The van der Waals surface area contributed by atoms with Crippen LogP contribution in [0.25, 0.3) is 66.8 Å². The van der Waals surface area contributed by atoms with Gasteiger partial charge in [-0.15, -0.1) is 0 Å². The minimum absolute atomic E-state index is 0.151. The van der Waals surface area contributed by atoms with E-state index in [0.717, 1.165) is 17.1 Å². The van der Waals surface area contributed by atoms with Crippen molar-refractivity contribution in [3.05, 3.63) is 270 Å². The van der Waals surface area contributed by atoms with Gasteiger partial charge in [-0.25, -0.2) is 0 Å². The number of benzene rings is 10. The van der Waals surface area contributed by atoms with Gasteiger partial charge in [0.15, 0.2) is 0 Å². The predicted octanol–water partition coefficient (Wildman–Crippen LogP) is 16.8. The maximum atomic E-state index is 2.49. The van der Waals surface area contributed by atoms with E-state index in [4.69, 9.17) is 0 Å². The van der Waals surface area contributed by atoms with Crippen LogP contribution < -0.4 is 4.90 Å². The van der Waals surface area contributed by atoms with E-state index in [-0.39, 0.29) is 5.41 Å². The number of fused-ring (bicyclic) bond motifs is 13. The minimum atomic E-state index is -0.403. The molecule has 0 radical (unpaired) electrons. The van der Waals surface area contributed by atoms with E-state index in [9.17, 15) is 0 Å². The van der Waals surface area contributed by atoms with E-state index >= 15 is 0 Å². The Morgan fingerprint density at radius 3 is 1.32 bits per heavy atom. The highest BCUT2D eigenvalue weighted by Crippen LogP contribution is 2.64. The van der Waals surface area contributed by atoms with Crippen molar-refractivity contribution in [2.24, 2.45) is 0 Å². The Hall–Kier alpha value is -8.00. The van der Waals surface area contributed by atoms with Crippen LogP contribution in [0.1, 0.15) is 47.2 Å². The summed E-state index contributed by atoms with van der Waals surface area (Å²) in [7, 11) is 0. The first-order valence-corrected chi connectivity index (χ1v) is 22.8. The summed E-state index contributed by atoms with van der Waals surface area (Å²) >= 11 is 0. The monoisotopic (exact) mass is 827 g/mol. The van der Waals surface area contributed by atoms with Gasteiger partial charge in [-0.2, -0.15) is 0 Å². The van der Waals surface area contributed by atoms with E-state index in [2.05, 4.69) is 255 Å². The Kier molecular flexibility index (Phi) is 8.24. The first-order chi connectivity index (χ1) is 32.0. The smallest absolute Gasteiger partial charge is 0.0725 e. The normalized spacial score (nSPS) is 13.9. The fourth-order valence-corrected chi connectivity index (χ4v) is 11.8. The van der Waals surface area contributed by atoms with Crippen LogP contribution in [0, 0.1) is 0 Å². The zero-order valence-corrected chi connectivity index (χ0v) is 36.5. The molecule has 1 nitrogen and oxygen atoms in total. The van der Waals surface area contributed by atoms with Crippen LogP contribution >= 0.6 is 0 Å². The molecule has 0 aromatic heterocycles. The van der Waals surface area contributed by atoms with Crippen molar-refractivity contribution in [3.8, 4) is 66.8 Å². The average Bonchev–Trinajstić information content (AvgIpc) is 3.93. The van der Waals surface area contributed by atoms with Gasteiger partial charge in [0.1, 0.15) is 0 Å². The molecular weight excluding hydrogens is 783 g/mol. The Labute approximate surface area is 381 Å². The first kappa shape index (κ1) is 37.5. The number of hydrogen-bond donors (Lipinski definition) is 0. The number of nitrogens with zero attached hydrogens (tertiary/aromatic N) is 1. The lowest BCUT2D eigenvalue weighted by Gasteiger charge is -2.30. The lowest BCUT2D eigenvalue weighted by atomic mass is 9.70. The van der Waals surface area contributed by atoms with Crippen LogP contribution in [0.4, 0.5) is 17.1 Å². The highest BCUT2D eigenvalue weighted by atomic mass is 15.1. The van der Waals surface area contributed by atoms with Crippen LogP contribution in [0.2, 0.25) is 0 Å². The molecule has 0 heterocycles. The van der Waals surface area contributed by atoms with Gasteiger partial charge in [0, 0.05) is 22.5 Å². The van der Waals surface area contributed by atoms with E-state index in [1.807, 2.05) is 0 Å². The van der Waals surface area contributed by atoms with Gasteiger partial charge in [0.2, 0.25) is 0 Å². The van der Waals surface area contributed by atoms with Crippen molar-refractivity contribution < 1.29 is 0 Å². The van der Waals surface area contributed by atoms with E-state index in [0.29, 0.717) is 0 Å². The summed E-state index contributed by atoms with van der Waals surface area (Å²) in [4.78, 5) is 2.49.